The number of aromatic nitrogens is 3. The summed E-state index contributed by atoms with van der Waals surface area (Å²) in [5, 5.41) is 3.02. The van der Waals surface area contributed by atoms with E-state index in [-0.39, 0.29) is 16.7 Å². The topological polar surface area (TPSA) is 97.2 Å². The number of amides is 1. The van der Waals surface area contributed by atoms with Gasteiger partial charge in [-0.3, -0.25) is 9.78 Å². The Morgan fingerprint density at radius 1 is 1.06 bits per heavy atom. The highest BCUT2D eigenvalue weighted by molar-refractivity contribution is 7.89. The molecule has 0 aliphatic carbocycles. The Labute approximate surface area is 187 Å². The van der Waals surface area contributed by atoms with E-state index in [1.54, 1.807) is 18.3 Å². The molecule has 168 valence electrons. The van der Waals surface area contributed by atoms with Gasteiger partial charge < -0.3 is 9.88 Å². The quantitative estimate of drug-likeness (QED) is 0.654. The molecule has 5 rings (SSSR count). The lowest BCUT2D eigenvalue weighted by atomic mass is 9.97. The first kappa shape index (κ1) is 21.1. The molecule has 1 amide bonds. The molecule has 2 aromatic heterocycles. The minimum Gasteiger partial charge on any atom is -0.328 e. The number of pyridine rings is 1. The number of fused-ring (bicyclic) bond motifs is 3. The second-order valence-electron chi connectivity index (χ2n) is 8.55. The van der Waals surface area contributed by atoms with E-state index in [0.717, 1.165) is 35.5 Å². The van der Waals surface area contributed by atoms with Gasteiger partial charge in [0.1, 0.15) is 10.7 Å². The van der Waals surface area contributed by atoms with Gasteiger partial charge in [-0.15, -0.1) is 0 Å². The molecule has 0 spiro atoms. The standard InChI is InChI=1S/C23H27N5O3S/c29-23(17-9-13-27(14-10-17)32(30,31)19-5-4-11-24-16-19)25-18-7-8-21-20(15-18)26-22-6-2-1-3-12-28(21)22/h4-5,7-8,11,15-17H,1-3,6,9-10,12-14H2,(H,25,29). The lowest BCUT2D eigenvalue weighted by Crippen LogP contribution is -2.41. The van der Waals surface area contributed by atoms with Crippen molar-refractivity contribution < 1.29 is 13.2 Å². The maximum Gasteiger partial charge on any atom is 0.244 e. The van der Waals surface area contributed by atoms with Gasteiger partial charge in [-0.2, -0.15) is 4.31 Å². The molecule has 2 aliphatic rings. The van der Waals surface area contributed by atoms with Crippen LogP contribution in [0.15, 0.2) is 47.6 Å². The highest BCUT2D eigenvalue weighted by atomic mass is 32.2. The Bertz CT molecular complexity index is 1230. The zero-order chi connectivity index (χ0) is 22.1. The third-order valence-electron chi connectivity index (χ3n) is 6.47. The fourth-order valence-corrected chi connectivity index (χ4v) is 6.11. The van der Waals surface area contributed by atoms with Crippen molar-refractivity contribution in [1.82, 2.24) is 18.8 Å². The average Bonchev–Trinajstić information content (AvgIpc) is 2.99. The monoisotopic (exact) mass is 453 g/mol. The number of rotatable bonds is 4. The van der Waals surface area contributed by atoms with Crippen LogP contribution in [0.5, 0.6) is 0 Å². The Hall–Kier alpha value is -2.78. The smallest absolute Gasteiger partial charge is 0.244 e. The van der Waals surface area contributed by atoms with E-state index in [2.05, 4.69) is 14.9 Å². The average molecular weight is 454 g/mol. The number of imidazole rings is 1. The van der Waals surface area contributed by atoms with Gasteiger partial charge in [-0.25, -0.2) is 13.4 Å². The molecule has 0 atom stereocenters. The summed E-state index contributed by atoms with van der Waals surface area (Å²) < 4.78 is 29.3. The number of nitrogens with zero attached hydrogens (tertiary/aromatic N) is 4. The number of hydrogen-bond acceptors (Lipinski definition) is 5. The third kappa shape index (κ3) is 4.02. The molecule has 4 heterocycles. The van der Waals surface area contributed by atoms with Gasteiger partial charge in [0.25, 0.3) is 0 Å². The van der Waals surface area contributed by atoms with E-state index in [4.69, 9.17) is 4.98 Å². The van der Waals surface area contributed by atoms with Gasteiger partial charge >= 0.3 is 0 Å². The largest absolute Gasteiger partial charge is 0.328 e. The summed E-state index contributed by atoms with van der Waals surface area (Å²) in [4.78, 5) is 21.7. The Kier molecular flexibility index (Phi) is 5.69. The van der Waals surface area contributed by atoms with Crippen LogP contribution < -0.4 is 5.32 Å². The Morgan fingerprint density at radius 3 is 2.69 bits per heavy atom. The number of carbonyl (C=O) groups excluding carboxylic acids is 1. The number of hydrogen-bond donors (Lipinski definition) is 1. The fourth-order valence-electron chi connectivity index (χ4n) is 4.68. The molecular formula is C23H27N5O3S. The molecule has 0 saturated carbocycles. The van der Waals surface area contributed by atoms with Crippen molar-refractivity contribution in [3.8, 4) is 0 Å². The summed E-state index contributed by atoms with van der Waals surface area (Å²) in [7, 11) is -3.57. The summed E-state index contributed by atoms with van der Waals surface area (Å²) in [6, 6.07) is 9.07. The number of nitrogens with one attached hydrogen (secondary N) is 1. The van der Waals surface area contributed by atoms with Crippen molar-refractivity contribution in [2.45, 2.75) is 50.0 Å². The van der Waals surface area contributed by atoms with Crippen molar-refractivity contribution in [2.24, 2.45) is 5.92 Å². The third-order valence-corrected chi connectivity index (χ3v) is 8.36. The molecule has 1 saturated heterocycles. The van der Waals surface area contributed by atoms with Gasteiger partial charge in [0, 0.05) is 50.1 Å². The first-order valence-corrected chi connectivity index (χ1v) is 12.7. The van der Waals surface area contributed by atoms with Gasteiger partial charge in [0.15, 0.2) is 0 Å². The maximum absolute atomic E-state index is 12.9. The maximum atomic E-state index is 12.9. The predicted molar refractivity (Wildman–Crippen MR) is 122 cm³/mol. The second kappa shape index (κ2) is 8.63. The minimum absolute atomic E-state index is 0.0662. The lowest BCUT2D eigenvalue weighted by molar-refractivity contribution is -0.120. The van der Waals surface area contributed by atoms with E-state index in [1.165, 1.54) is 29.8 Å². The van der Waals surface area contributed by atoms with Crippen molar-refractivity contribution in [1.29, 1.82) is 0 Å². The van der Waals surface area contributed by atoms with Crippen molar-refractivity contribution in [2.75, 3.05) is 18.4 Å². The SMILES string of the molecule is O=C(Nc1ccc2c(c1)nc1n2CCCCC1)C1CCN(S(=O)(=O)c2cccnc2)CC1. The molecule has 0 bridgehead atoms. The lowest BCUT2D eigenvalue weighted by Gasteiger charge is -2.30. The van der Waals surface area contributed by atoms with Crippen molar-refractivity contribution in [3.63, 3.8) is 0 Å². The van der Waals surface area contributed by atoms with Gasteiger partial charge in [0.05, 0.1) is 11.0 Å². The molecule has 32 heavy (non-hydrogen) atoms. The summed E-state index contributed by atoms with van der Waals surface area (Å²) in [5.74, 6) is 0.844. The molecule has 3 aromatic rings. The van der Waals surface area contributed by atoms with Crippen LogP contribution in [-0.2, 0) is 27.8 Å². The molecule has 0 radical (unpaired) electrons. The molecule has 8 nitrogen and oxygen atoms in total. The minimum atomic E-state index is -3.57. The fraction of sp³-hybridized carbons (Fsp3) is 0.435. The zero-order valence-corrected chi connectivity index (χ0v) is 18.7. The van der Waals surface area contributed by atoms with Gasteiger partial charge in [0.2, 0.25) is 15.9 Å². The number of sulfonamides is 1. The number of piperidine rings is 1. The molecule has 0 unspecified atom stereocenters. The highest BCUT2D eigenvalue weighted by Gasteiger charge is 2.32. The molecule has 9 heteroatoms. The zero-order valence-electron chi connectivity index (χ0n) is 17.9. The van der Waals surface area contributed by atoms with E-state index in [0.29, 0.717) is 25.9 Å². The van der Waals surface area contributed by atoms with E-state index in [1.807, 2.05) is 18.2 Å². The highest BCUT2D eigenvalue weighted by Crippen LogP contribution is 2.27. The van der Waals surface area contributed by atoms with Crippen LogP contribution in [0, 0.1) is 5.92 Å². The Balaban J connectivity index is 1.24. The first-order chi connectivity index (χ1) is 15.5. The molecule has 1 aromatic carbocycles. The van der Waals surface area contributed by atoms with Crippen LogP contribution in [0.2, 0.25) is 0 Å². The van der Waals surface area contributed by atoms with Gasteiger partial charge in [-0.05, 0) is 56.0 Å². The summed E-state index contributed by atoms with van der Waals surface area (Å²) in [6.45, 7) is 1.64. The molecule has 1 fully saturated rings. The van der Waals surface area contributed by atoms with Crippen LogP contribution >= 0.6 is 0 Å². The van der Waals surface area contributed by atoms with Gasteiger partial charge in [-0.1, -0.05) is 6.42 Å². The molecular weight excluding hydrogens is 426 g/mol. The number of carbonyl (C=O) groups is 1. The van der Waals surface area contributed by atoms with E-state index in [9.17, 15) is 13.2 Å². The van der Waals surface area contributed by atoms with Crippen LogP contribution in [0.3, 0.4) is 0 Å². The van der Waals surface area contributed by atoms with Crippen LogP contribution in [0.4, 0.5) is 5.69 Å². The predicted octanol–water partition coefficient (Wildman–Crippen LogP) is 3.20. The number of aryl methyl sites for hydroxylation is 2. The van der Waals surface area contributed by atoms with E-state index < -0.39 is 10.0 Å². The molecule has 1 N–H and O–H groups in total. The first-order valence-electron chi connectivity index (χ1n) is 11.2. The van der Waals surface area contributed by atoms with Crippen molar-refractivity contribution in [3.05, 3.63) is 48.5 Å². The Morgan fingerprint density at radius 2 is 1.91 bits per heavy atom. The normalized spacial score (nSPS) is 18.2. The van der Waals surface area contributed by atoms with Crippen molar-refractivity contribution >= 4 is 32.7 Å². The summed E-state index contributed by atoms with van der Waals surface area (Å²) >= 11 is 0. The summed E-state index contributed by atoms with van der Waals surface area (Å²) in [5.41, 5.74) is 2.77. The summed E-state index contributed by atoms with van der Waals surface area (Å²) in [6.07, 6.45) is 8.47. The van der Waals surface area contributed by atoms with Crippen LogP contribution in [0.25, 0.3) is 11.0 Å². The van der Waals surface area contributed by atoms with E-state index >= 15 is 0 Å². The molecule has 2 aliphatic heterocycles. The second-order valence-corrected chi connectivity index (χ2v) is 10.5. The number of benzene rings is 1. The number of anilines is 1. The van der Waals surface area contributed by atoms with Crippen LogP contribution in [-0.4, -0.2) is 46.3 Å². The van der Waals surface area contributed by atoms with Crippen LogP contribution in [0.1, 0.15) is 37.9 Å².